The topological polar surface area (TPSA) is 64.9 Å². The van der Waals surface area contributed by atoms with Crippen LogP contribution in [0.2, 0.25) is 0 Å². The Hall–Kier alpha value is -1.84. The molecule has 4 nitrogen and oxygen atoms in total. The van der Waals surface area contributed by atoms with Crippen molar-refractivity contribution >= 4 is 5.82 Å². The van der Waals surface area contributed by atoms with E-state index in [0.717, 1.165) is 23.3 Å². The summed E-state index contributed by atoms with van der Waals surface area (Å²) in [5.74, 6) is 1.25. The first-order chi connectivity index (χ1) is 6.83. The van der Waals surface area contributed by atoms with Crippen molar-refractivity contribution in [2.75, 3.05) is 5.73 Å². The van der Waals surface area contributed by atoms with Gasteiger partial charge in [-0.3, -0.25) is 4.98 Å². The lowest BCUT2D eigenvalue weighted by atomic mass is 10.1. The number of aryl methyl sites for hydroxylation is 1. The number of rotatable bonds is 2. The third-order valence-corrected chi connectivity index (χ3v) is 2.08. The van der Waals surface area contributed by atoms with Crippen LogP contribution in [0.1, 0.15) is 12.7 Å². The molecule has 0 saturated carbocycles. The Morgan fingerprint density at radius 3 is 2.71 bits per heavy atom. The molecule has 0 aliphatic heterocycles. The minimum absolute atomic E-state index is 0.438. The van der Waals surface area contributed by atoms with Crippen LogP contribution in [0.4, 0.5) is 5.82 Å². The van der Waals surface area contributed by atoms with Crippen LogP contribution in [0.25, 0.3) is 11.1 Å². The summed E-state index contributed by atoms with van der Waals surface area (Å²) in [5.41, 5.74) is 7.60. The second kappa shape index (κ2) is 3.49. The van der Waals surface area contributed by atoms with Gasteiger partial charge in [0.25, 0.3) is 0 Å². The number of pyridine rings is 1. The Balaban J connectivity index is 2.55. The van der Waals surface area contributed by atoms with Crippen molar-refractivity contribution in [3.05, 3.63) is 30.3 Å². The summed E-state index contributed by atoms with van der Waals surface area (Å²) in [7, 11) is 0. The van der Waals surface area contributed by atoms with Gasteiger partial charge < -0.3 is 10.3 Å². The zero-order valence-electron chi connectivity index (χ0n) is 7.90. The first kappa shape index (κ1) is 8.74. The molecule has 2 rings (SSSR count). The fourth-order valence-corrected chi connectivity index (χ4v) is 1.41. The van der Waals surface area contributed by atoms with Gasteiger partial charge in [-0.15, -0.1) is 0 Å². The normalized spacial score (nSPS) is 10.4. The molecule has 2 heterocycles. The highest BCUT2D eigenvalue weighted by atomic mass is 16.5. The molecule has 4 heteroatoms. The summed E-state index contributed by atoms with van der Waals surface area (Å²) in [6.45, 7) is 2.00. The zero-order valence-corrected chi connectivity index (χ0v) is 7.90. The van der Waals surface area contributed by atoms with Gasteiger partial charge in [0.15, 0.2) is 5.82 Å². The van der Waals surface area contributed by atoms with Crippen molar-refractivity contribution in [2.45, 2.75) is 13.3 Å². The average molecular weight is 189 g/mol. The Morgan fingerprint density at radius 2 is 2.07 bits per heavy atom. The number of anilines is 1. The minimum Gasteiger partial charge on any atom is -0.380 e. The van der Waals surface area contributed by atoms with Crippen LogP contribution in [0.3, 0.4) is 0 Å². The van der Waals surface area contributed by atoms with E-state index in [4.69, 9.17) is 10.3 Å². The average Bonchev–Trinajstić information content (AvgIpc) is 2.61. The highest BCUT2D eigenvalue weighted by Gasteiger charge is 2.13. The zero-order chi connectivity index (χ0) is 9.97. The second-order valence-electron chi connectivity index (χ2n) is 2.96. The summed E-state index contributed by atoms with van der Waals surface area (Å²) < 4.78 is 5.10. The summed E-state index contributed by atoms with van der Waals surface area (Å²) >= 11 is 0. The van der Waals surface area contributed by atoms with E-state index in [0.29, 0.717) is 5.82 Å². The van der Waals surface area contributed by atoms with E-state index >= 15 is 0 Å². The van der Waals surface area contributed by atoms with Gasteiger partial charge in [-0.25, -0.2) is 0 Å². The molecule has 0 amide bonds. The van der Waals surface area contributed by atoms with Crippen LogP contribution >= 0.6 is 0 Å². The molecule has 0 fully saturated rings. The molecular weight excluding hydrogens is 178 g/mol. The van der Waals surface area contributed by atoms with Crippen LogP contribution in [-0.2, 0) is 6.42 Å². The van der Waals surface area contributed by atoms with E-state index in [9.17, 15) is 0 Å². The fourth-order valence-electron chi connectivity index (χ4n) is 1.41. The lowest BCUT2D eigenvalue weighted by Crippen LogP contribution is -1.89. The van der Waals surface area contributed by atoms with Crippen molar-refractivity contribution < 1.29 is 4.52 Å². The smallest absolute Gasteiger partial charge is 0.175 e. The standard InChI is InChI=1S/C10H11N3O/c1-2-8-9(10(11)13-14-8)7-3-5-12-6-4-7/h3-6H,2H2,1H3,(H2,11,13). The van der Waals surface area contributed by atoms with Crippen molar-refractivity contribution in [3.8, 4) is 11.1 Å². The van der Waals surface area contributed by atoms with Crippen LogP contribution < -0.4 is 5.73 Å². The van der Waals surface area contributed by atoms with Gasteiger partial charge in [0, 0.05) is 18.8 Å². The number of nitrogen functional groups attached to an aromatic ring is 1. The quantitative estimate of drug-likeness (QED) is 0.783. The maximum Gasteiger partial charge on any atom is 0.175 e. The lowest BCUT2D eigenvalue weighted by Gasteiger charge is -1.98. The van der Waals surface area contributed by atoms with Crippen molar-refractivity contribution in [2.24, 2.45) is 0 Å². The summed E-state index contributed by atoms with van der Waals surface area (Å²) in [5, 5.41) is 3.75. The van der Waals surface area contributed by atoms with E-state index in [1.54, 1.807) is 12.4 Å². The Kier molecular flexibility index (Phi) is 2.18. The highest BCUT2D eigenvalue weighted by Crippen LogP contribution is 2.28. The van der Waals surface area contributed by atoms with Gasteiger partial charge in [0.1, 0.15) is 5.76 Å². The van der Waals surface area contributed by atoms with E-state index in [1.807, 2.05) is 19.1 Å². The predicted octanol–water partition coefficient (Wildman–Crippen LogP) is 1.88. The van der Waals surface area contributed by atoms with Gasteiger partial charge >= 0.3 is 0 Å². The van der Waals surface area contributed by atoms with Gasteiger partial charge in [-0.1, -0.05) is 12.1 Å². The molecule has 0 atom stereocenters. The number of nitrogens with two attached hydrogens (primary N) is 1. The van der Waals surface area contributed by atoms with Crippen LogP contribution in [0.15, 0.2) is 29.0 Å². The van der Waals surface area contributed by atoms with Gasteiger partial charge in [-0.2, -0.15) is 0 Å². The molecular formula is C10H11N3O. The predicted molar refractivity (Wildman–Crippen MR) is 53.5 cm³/mol. The molecule has 0 aromatic carbocycles. The Bertz CT molecular complexity index is 422. The molecule has 0 radical (unpaired) electrons. The number of hydrogen-bond donors (Lipinski definition) is 1. The van der Waals surface area contributed by atoms with Crippen LogP contribution in [0.5, 0.6) is 0 Å². The van der Waals surface area contributed by atoms with E-state index < -0.39 is 0 Å². The molecule has 0 bridgehead atoms. The third-order valence-electron chi connectivity index (χ3n) is 2.08. The number of hydrogen-bond acceptors (Lipinski definition) is 4. The Labute approximate surface area is 81.7 Å². The van der Waals surface area contributed by atoms with Crippen LogP contribution in [0, 0.1) is 0 Å². The number of nitrogens with zero attached hydrogens (tertiary/aromatic N) is 2. The lowest BCUT2D eigenvalue weighted by molar-refractivity contribution is 0.390. The Morgan fingerprint density at radius 1 is 1.36 bits per heavy atom. The molecule has 2 aromatic rings. The molecule has 2 aromatic heterocycles. The maximum absolute atomic E-state index is 5.72. The van der Waals surface area contributed by atoms with E-state index in [-0.39, 0.29) is 0 Å². The molecule has 14 heavy (non-hydrogen) atoms. The maximum atomic E-state index is 5.72. The van der Waals surface area contributed by atoms with Gasteiger partial charge in [0.05, 0.1) is 5.56 Å². The van der Waals surface area contributed by atoms with Crippen molar-refractivity contribution in [3.63, 3.8) is 0 Å². The summed E-state index contributed by atoms with van der Waals surface area (Å²) in [4.78, 5) is 3.95. The SMILES string of the molecule is CCc1onc(N)c1-c1ccncc1. The number of aromatic nitrogens is 2. The molecule has 0 spiro atoms. The first-order valence-corrected chi connectivity index (χ1v) is 4.47. The third kappa shape index (κ3) is 1.35. The minimum atomic E-state index is 0.438. The van der Waals surface area contributed by atoms with Crippen molar-refractivity contribution in [1.82, 2.24) is 10.1 Å². The molecule has 72 valence electrons. The van der Waals surface area contributed by atoms with Crippen molar-refractivity contribution in [1.29, 1.82) is 0 Å². The first-order valence-electron chi connectivity index (χ1n) is 4.47. The van der Waals surface area contributed by atoms with Gasteiger partial charge in [-0.05, 0) is 17.7 Å². The summed E-state index contributed by atoms with van der Waals surface area (Å²) in [6.07, 6.45) is 4.23. The molecule has 0 aliphatic rings. The van der Waals surface area contributed by atoms with E-state index in [2.05, 4.69) is 10.1 Å². The second-order valence-corrected chi connectivity index (χ2v) is 2.96. The molecule has 0 saturated heterocycles. The molecule has 0 aliphatic carbocycles. The largest absolute Gasteiger partial charge is 0.380 e. The monoisotopic (exact) mass is 189 g/mol. The molecule has 0 unspecified atom stereocenters. The highest BCUT2D eigenvalue weighted by molar-refractivity contribution is 5.74. The summed E-state index contributed by atoms with van der Waals surface area (Å²) in [6, 6.07) is 3.78. The molecule has 2 N–H and O–H groups in total. The van der Waals surface area contributed by atoms with E-state index in [1.165, 1.54) is 0 Å². The van der Waals surface area contributed by atoms with Crippen LogP contribution in [-0.4, -0.2) is 10.1 Å². The fraction of sp³-hybridized carbons (Fsp3) is 0.200. The van der Waals surface area contributed by atoms with Gasteiger partial charge in [0.2, 0.25) is 0 Å².